The molecule has 0 aliphatic heterocycles. The number of amides is 1. The van der Waals surface area contributed by atoms with Crippen molar-refractivity contribution >= 4 is 35.8 Å². The van der Waals surface area contributed by atoms with Crippen LogP contribution < -0.4 is 20.7 Å². The monoisotopic (exact) mass is 462 g/mol. The summed E-state index contributed by atoms with van der Waals surface area (Å²) in [6, 6.07) is 7.99. The number of nitrogens with one attached hydrogen (secondary N) is 3. The van der Waals surface area contributed by atoms with E-state index in [0.29, 0.717) is 25.6 Å². The summed E-state index contributed by atoms with van der Waals surface area (Å²) >= 11 is 0. The maximum Gasteiger partial charge on any atom is 0.222 e. The molecule has 1 atom stereocenters. The Morgan fingerprint density at radius 2 is 1.84 bits per heavy atom. The number of benzene rings is 1. The zero-order valence-corrected chi connectivity index (χ0v) is 18.1. The SMILES string of the molecule is CN=C(NCCNC(=O)C(C)C)NCC(C)Oc1cccc(C)c1.I. The summed E-state index contributed by atoms with van der Waals surface area (Å²) in [4.78, 5) is 15.6. The molecule has 0 aliphatic carbocycles. The second-order valence-corrected chi connectivity index (χ2v) is 6.07. The van der Waals surface area contributed by atoms with Crippen molar-refractivity contribution in [3.05, 3.63) is 29.8 Å². The fourth-order valence-electron chi connectivity index (χ4n) is 1.99. The Morgan fingerprint density at radius 1 is 1.16 bits per heavy atom. The predicted octanol–water partition coefficient (Wildman–Crippen LogP) is 2.32. The highest BCUT2D eigenvalue weighted by Crippen LogP contribution is 2.13. The van der Waals surface area contributed by atoms with E-state index in [9.17, 15) is 4.79 Å². The van der Waals surface area contributed by atoms with E-state index in [4.69, 9.17) is 4.74 Å². The Kier molecular flexibility index (Phi) is 12.0. The molecule has 7 heteroatoms. The third kappa shape index (κ3) is 10.2. The number of halogens is 1. The molecule has 142 valence electrons. The van der Waals surface area contributed by atoms with Crippen molar-refractivity contribution in [2.45, 2.75) is 33.8 Å². The van der Waals surface area contributed by atoms with Gasteiger partial charge >= 0.3 is 0 Å². The van der Waals surface area contributed by atoms with E-state index >= 15 is 0 Å². The summed E-state index contributed by atoms with van der Waals surface area (Å²) < 4.78 is 5.87. The van der Waals surface area contributed by atoms with Gasteiger partial charge in [0.1, 0.15) is 11.9 Å². The van der Waals surface area contributed by atoms with Crippen LogP contribution in [-0.4, -0.2) is 44.7 Å². The van der Waals surface area contributed by atoms with Gasteiger partial charge in [-0.1, -0.05) is 26.0 Å². The van der Waals surface area contributed by atoms with Gasteiger partial charge in [0.25, 0.3) is 0 Å². The minimum atomic E-state index is 0. The molecule has 1 rings (SSSR count). The van der Waals surface area contributed by atoms with Crippen LogP contribution in [0.15, 0.2) is 29.3 Å². The van der Waals surface area contributed by atoms with Crippen LogP contribution in [0.3, 0.4) is 0 Å². The van der Waals surface area contributed by atoms with Gasteiger partial charge in [0.05, 0.1) is 6.54 Å². The molecule has 1 aromatic rings. The minimum absolute atomic E-state index is 0. The van der Waals surface area contributed by atoms with Crippen molar-refractivity contribution < 1.29 is 9.53 Å². The normalized spacial score (nSPS) is 12.2. The van der Waals surface area contributed by atoms with E-state index in [1.165, 1.54) is 5.56 Å². The molecule has 0 saturated carbocycles. The lowest BCUT2D eigenvalue weighted by Crippen LogP contribution is -2.44. The average molecular weight is 462 g/mol. The number of hydrogen-bond donors (Lipinski definition) is 3. The number of ether oxygens (including phenoxy) is 1. The molecule has 3 N–H and O–H groups in total. The van der Waals surface area contributed by atoms with Crippen LogP contribution in [0.25, 0.3) is 0 Å². The van der Waals surface area contributed by atoms with Gasteiger partial charge in [-0.3, -0.25) is 9.79 Å². The molecule has 0 radical (unpaired) electrons. The van der Waals surface area contributed by atoms with Gasteiger partial charge in [0, 0.05) is 26.1 Å². The number of aliphatic imine (C=N–C) groups is 1. The first-order valence-electron chi connectivity index (χ1n) is 8.38. The van der Waals surface area contributed by atoms with Gasteiger partial charge in [0.15, 0.2) is 5.96 Å². The number of carbonyl (C=O) groups is 1. The maximum absolute atomic E-state index is 11.5. The fourth-order valence-corrected chi connectivity index (χ4v) is 1.99. The Morgan fingerprint density at radius 3 is 2.44 bits per heavy atom. The summed E-state index contributed by atoms with van der Waals surface area (Å²) in [5.74, 6) is 1.61. The Hall–Kier alpha value is -1.51. The van der Waals surface area contributed by atoms with Crippen LogP contribution in [-0.2, 0) is 4.79 Å². The summed E-state index contributed by atoms with van der Waals surface area (Å²) in [6.45, 7) is 9.60. The van der Waals surface area contributed by atoms with E-state index in [-0.39, 0.29) is 41.9 Å². The van der Waals surface area contributed by atoms with Crippen LogP contribution in [0.4, 0.5) is 0 Å². The van der Waals surface area contributed by atoms with Gasteiger partial charge in [0.2, 0.25) is 5.91 Å². The van der Waals surface area contributed by atoms with Gasteiger partial charge in [-0.05, 0) is 31.5 Å². The summed E-state index contributed by atoms with van der Waals surface area (Å²) in [7, 11) is 1.72. The third-order valence-corrected chi connectivity index (χ3v) is 3.35. The molecule has 0 aromatic heterocycles. The molecule has 0 spiro atoms. The van der Waals surface area contributed by atoms with Crippen molar-refractivity contribution in [3.63, 3.8) is 0 Å². The molecule has 25 heavy (non-hydrogen) atoms. The molecule has 1 aromatic carbocycles. The lowest BCUT2D eigenvalue weighted by atomic mass is 10.2. The van der Waals surface area contributed by atoms with E-state index in [2.05, 4.69) is 20.9 Å². The lowest BCUT2D eigenvalue weighted by Gasteiger charge is -2.18. The molecule has 0 bridgehead atoms. The van der Waals surface area contributed by atoms with Crippen molar-refractivity contribution in [2.24, 2.45) is 10.9 Å². The molecule has 0 saturated heterocycles. The molecule has 0 aliphatic rings. The van der Waals surface area contributed by atoms with Crippen LogP contribution in [0.2, 0.25) is 0 Å². The topological polar surface area (TPSA) is 74.8 Å². The first-order valence-corrected chi connectivity index (χ1v) is 8.38. The van der Waals surface area contributed by atoms with Crippen LogP contribution in [0, 0.1) is 12.8 Å². The summed E-state index contributed by atoms with van der Waals surface area (Å²) in [5, 5.41) is 9.23. The minimum Gasteiger partial charge on any atom is -0.489 e. The maximum atomic E-state index is 11.5. The molecular formula is C18H31IN4O2. The number of carbonyl (C=O) groups excluding carboxylic acids is 1. The molecule has 6 nitrogen and oxygen atoms in total. The van der Waals surface area contributed by atoms with Crippen molar-refractivity contribution in [1.29, 1.82) is 0 Å². The number of nitrogens with zero attached hydrogens (tertiary/aromatic N) is 1. The highest BCUT2D eigenvalue weighted by atomic mass is 127. The molecule has 0 fully saturated rings. The van der Waals surface area contributed by atoms with Gasteiger partial charge in [-0.25, -0.2) is 0 Å². The predicted molar refractivity (Wildman–Crippen MR) is 114 cm³/mol. The Balaban J connectivity index is 0.00000576. The van der Waals surface area contributed by atoms with Crippen LogP contribution >= 0.6 is 24.0 Å². The summed E-state index contributed by atoms with van der Waals surface area (Å²) in [6.07, 6.45) is 0.00555. The standard InChI is InChI=1S/C18H30N4O2.HI/c1-13(2)17(23)20-9-10-21-18(19-5)22-12-15(4)24-16-8-6-7-14(3)11-16;/h6-8,11,13,15H,9-10,12H2,1-5H3,(H,20,23)(H2,19,21,22);1H. The number of aryl methyl sites for hydroxylation is 1. The quantitative estimate of drug-likeness (QED) is 0.240. The molecule has 1 amide bonds. The van der Waals surface area contributed by atoms with E-state index in [0.717, 1.165) is 5.75 Å². The molecular weight excluding hydrogens is 431 g/mol. The fraction of sp³-hybridized carbons (Fsp3) is 0.556. The molecule has 1 unspecified atom stereocenters. The second kappa shape index (κ2) is 12.8. The first-order chi connectivity index (χ1) is 11.4. The number of hydrogen-bond acceptors (Lipinski definition) is 3. The van der Waals surface area contributed by atoms with E-state index in [1.54, 1.807) is 7.05 Å². The van der Waals surface area contributed by atoms with Crippen molar-refractivity contribution in [3.8, 4) is 5.75 Å². The highest BCUT2D eigenvalue weighted by Gasteiger charge is 2.07. The first kappa shape index (κ1) is 23.5. The van der Waals surface area contributed by atoms with E-state index < -0.39 is 0 Å². The Bertz CT molecular complexity index is 550. The lowest BCUT2D eigenvalue weighted by molar-refractivity contribution is -0.123. The third-order valence-electron chi connectivity index (χ3n) is 3.35. The van der Waals surface area contributed by atoms with Crippen LogP contribution in [0.1, 0.15) is 26.3 Å². The molecule has 0 heterocycles. The number of guanidine groups is 1. The van der Waals surface area contributed by atoms with E-state index in [1.807, 2.05) is 52.0 Å². The second-order valence-electron chi connectivity index (χ2n) is 6.07. The highest BCUT2D eigenvalue weighted by molar-refractivity contribution is 14.0. The van der Waals surface area contributed by atoms with Crippen molar-refractivity contribution in [1.82, 2.24) is 16.0 Å². The van der Waals surface area contributed by atoms with Crippen molar-refractivity contribution in [2.75, 3.05) is 26.7 Å². The zero-order chi connectivity index (χ0) is 17.9. The van der Waals surface area contributed by atoms with Gasteiger partial charge < -0.3 is 20.7 Å². The largest absolute Gasteiger partial charge is 0.489 e. The smallest absolute Gasteiger partial charge is 0.222 e. The van der Waals surface area contributed by atoms with Gasteiger partial charge in [-0.2, -0.15) is 0 Å². The number of rotatable bonds is 8. The van der Waals surface area contributed by atoms with Crippen LogP contribution in [0.5, 0.6) is 5.75 Å². The Labute approximate surface area is 168 Å². The zero-order valence-electron chi connectivity index (χ0n) is 15.8. The summed E-state index contributed by atoms with van der Waals surface area (Å²) in [5.41, 5.74) is 1.17. The average Bonchev–Trinajstić information content (AvgIpc) is 2.53. The van der Waals surface area contributed by atoms with Gasteiger partial charge in [-0.15, -0.1) is 24.0 Å².